The van der Waals surface area contributed by atoms with Crippen molar-refractivity contribution in [2.24, 2.45) is 4.99 Å². The summed E-state index contributed by atoms with van der Waals surface area (Å²) in [4.78, 5) is 14.6. The van der Waals surface area contributed by atoms with Crippen molar-refractivity contribution >= 4 is 11.8 Å². The van der Waals surface area contributed by atoms with Gasteiger partial charge in [0.2, 0.25) is 5.91 Å². The van der Waals surface area contributed by atoms with E-state index in [1.54, 1.807) is 6.20 Å². The van der Waals surface area contributed by atoms with E-state index in [1.165, 1.54) is 0 Å². The summed E-state index contributed by atoms with van der Waals surface area (Å²) in [5.41, 5.74) is 0. The predicted octanol–water partition coefficient (Wildman–Crippen LogP) is 0.597. The Morgan fingerprint density at radius 3 is 3.15 bits per heavy atom. The van der Waals surface area contributed by atoms with Gasteiger partial charge in [0.05, 0.1) is 12.5 Å². The summed E-state index contributed by atoms with van der Waals surface area (Å²) in [6, 6.07) is 0.195. The molecule has 0 aromatic rings. The predicted molar refractivity (Wildman–Crippen MR) is 48.3 cm³/mol. The molecule has 0 saturated carbocycles. The molecule has 1 atom stereocenters. The first kappa shape index (κ1) is 8.29. The molecule has 0 radical (unpaired) electrons. The van der Waals surface area contributed by atoms with Crippen molar-refractivity contribution in [3.8, 4) is 0 Å². The molecule has 2 aliphatic heterocycles. The normalized spacial score (nSPS) is 26.0. The fourth-order valence-electron chi connectivity index (χ4n) is 1.32. The fraction of sp³-hybridized carbons (Fsp3) is 0.556. The second kappa shape index (κ2) is 3.60. The molecular weight excluding hydrogens is 168 g/mol. The van der Waals surface area contributed by atoms with Gasteiger partial charge in [0, 0.05) is 12.6 Å². The molecule has 2 heterocycles. The maximum absolute atomic E-state index is 10.6. The third kappa shape index (κ3) is 2.08. The van der Waals surface area contributed by atoms with E-state index in [-0.39, 0.29) is 11.9 Å². The van der Waals surface area contributed by atoms with Gasteiger partial charge in [-0.2, -0.15) is 0 Å². The zero-order chi connectivity index (χ0) is 9.10. The molecule has 0 spiro atoms. The van der Waals surface area contributed by atoms with Crippen LogP contribution in [-0.2, 0) is 9.53 Å². The lowest BCUT2D eigenvalue weighted by molar-refractivity contribution is -0.128. The first-order chi connectivity index (χ1) is 6.34. The van der Waals surface area contributed by atoms with Gasteiger partial charge in [-0.05, 0) is 6.42 Å². The molecule has 1 unspecified atom stereocenters. The number of carbonyl (C=O) groups is 1. The van der Waals surface area contributed by atoms with E-state index >= 15 is 0 Å². The minimum atomic E-state index is 0.110. The summed E-state index contributed by atoms with van der Waals surface area (Å²) in [6.07, 6.45) is 6.23. The summed E-state index contributed by atoms with van der Waals surface area (Å²) in [5, 5.41) is 2.75. The first-order valence-corrected chi connectivity index (χ1v) is 4.48. The minimum Gasteiger partial charge on any atom is -0.479 e. The average molecular weight is 180 g/mol. The van der Waals surface area contributed by atoms with Crippen LogP contribution in [0.5, 0.6) is 0 Å². The molecule has 4 nitrogen and oxygen atoms in total. The van der Waals surface area contributed by atoms with Crippen LogP contribution in [0, 0.1) is 0 Å². The van der Waals surface area contributed by atoms with Crippen molar-refractivity contribution in [2.45, 2.75) is 25.3 Å². The molecule has 2 aliphatic rings. The monoisotopic (exact) mass is 180 g/mol. The van der Waals surface area contributed by atoms with Crippen molar-refractivity contribution < 1.29 is 9.53 Å². The Balaban J connectivity index is 1.70. The number of hydrogen-bond donors (Lipinski definition) is 1. The highest BCUT2D eigenvalue weighted by Crippen LogP contribution is 2.08. The van der Waals surface area contributed by atoms with Crippen LogP contribution >= 0.6 is 0 Å². The van der Waals surface area contributed by atoms with E-state index in [9.17, 15) is 4.79 Å². The Kier molecular flexibility index (Phi) is 2.29. The average Bonchev–Trinajstić information content (AvgIpc) is 2.12. The number of aliphatic imine (C=N–C) groups is 1. The van der Waals surface area contributed by atoms with Gasteiger partial charge in [-0.3, -0.25) is 4.79 Å². The summed E-state index contributed by atoms with van der Waals surface area (Å²) in [6.45, 7) is 0.554. The Morgan fingerprint density at radius 2 is 2.54 bits per heavy atom. The maximum atomic E-state index is 10.6. The molecule has 4 heteroatoms. The standard InChI is InChI=1S/C9H12N2O2/c12-8-5-7(11-8)6-13-9-3-1-2-4-10-9/h2,4,7H,1,3,5-6H2,(H,11,12). The zero-order valence-electron chi connectivity index (χ0n) is 7.32. The number of carbonyl (C=O) groups excluding carboxylic acids is 1. The van der Waals surface area contributed by atoms with E-state index < -0.39 is 0 Å². The second-order valence-electron chi connectivity index (χ2n) is 3.23. The molecule has 0 aromatic heterocycles. The van der Waals surface area contributed by atoms with Crippen LogP contribution in [0.3, 0.4) is 0 Å². The summed E-state index contributed by atoms with van der Waals surface area (Å²) < 4.78 is 5.42. The van der Waals surface area contributed by atoms with Crippen molar-refractivity contribution in [3.05, 3.63) is 12.3 Å². The molecule has 1 amide bonds. The third-order valence-electron chi connectivity index (χ3n) is 2.10. The molecule has 0 aromatic carbocycles. The van der Waals surface area contributed by atoms with Crippen LogP contribution in [0.2, 0.25) is 0 Å². The van der Waals surface area contributed by atoms with E-state index in [1.807, 2.05) is 6.08 Å². The van der Waals surface area contributed by atoms with Crippen LogP contribution in [0.4, 0.5) is 0 Å². The van der Waals surface area contributed by atoms with Gasteiger partial charge in [-0.25, -0.2) is 4.99 Å². The number of rotatable bonds is 2. The molecular formula is C9H12N2O2. The van der Waals surface area contributed by atoms with Crippen LogP contribution in [0.15, 0.2) is 17.3 Å². The van der Waals surface area contributed by atoms with Gasteiger partial charge >= 0.3 is 0 Å². The van der Waals surface area contributed by atoms with Crippen molar-refractivity contribution in [2.75, 3.05) is 6.61 Å². The minimum absolute atomic E-state index is 0.110. The van der Waals surface area contributed by atoms with E-state index in [0.29, 0.717) is 13.0 Å². The van der Waals surface area contributed by atoms with Crippen LogP contribution in [0.1, 0.15) is 19.3 Å². The van der Waals surface area contributed by atoms with Crippen molar-refractivity contribution in [3.63, 3.8) is 0 Å². The van der Waals surface area contributed by atoms with Gasteiger partial charge in [-0.1, -0.05) is 6.08 Å². The smallest absolute Gasteiger partial charge is 0.222 e. The number of ether oxygens (including phenoxy) is 1. The number of amides is 1. The number of β-lactam (4-membered cyclic amide) rings is 1. The highest BCUT2D eigenvalue weighted by molar-refractivity contribution is 5.83. The van der Waals surface area contributed by atoms with E-state index in [2.05, 4.69) is 10.3 Å². The van der Waals surface area contributed by atoms with E-state index in [4.69, 9.17) is 4.74 Å². The highest BCUT2D eigenvalue weighted by atomic mass is 16.5. The largest absolute Gasteiger partial charge is 0.479 e. The van der Waals surface area contributed by atoms with Crippen LogP contribution in [0.25, 0.3) is 0 Å². The molecule has 0 bridgehead atoms. The van der Waals surface area contributed by atoms with Gasteiger partial charge < -0.3 is 10.1 Å². The van der Waals surface area contributed by atoms with Gasteiger partial charge in [-0.15, -0.1) is 0 Å². The summed E-state index contributed by atoms with van der Waals surface area (Å²) >= 11 is 0. The Labute approximate surface area is 76.7 Å². The van der Waals surface area contributed by atoms with E-state index in [0.717, 1.165) is 18.7 Å². The topological polar surface area (TPSA) is 50.7 Å². The lowest BCUT2D eigenvalue weighted by Crippen LogP contribution is -2.51. The van der Waals surface area contributed by atoms with Crippen molar-refractivity contribution in [1.29, 1.82) is 0 Å². The fourth-order valence-corrected chi connectivity index (χ4v) is 1.32. The zero-order valence-corrected chi connectivity index (χ0v) is 7.32. The third-order valence-corrected chi connectivity index (χ3v) is 2.10. The molecule has 1 fully saturated rings. The lowest BCUT2D eigenvalue weighted by atomic mass is 10.1. The van der Waals surface area contributed by atoms with Crippen LogP contribution < -0.4 is 5.32 Å². The first-order valence-electron chi connectivity index (χ1n) is 4.48. The Hall–Kier alpha value is -1.32. The number of nitrogens with one attached hydrogen (secondary N) is 1. The molecule has 1 saturated heterocycles. The highest BCUT2D eigenvalue weighted by Gasteiger charge is 2.25. The molecule has 1 N–H and O–H groups in total. The molecule has 2 rings (SSSR count). The van der Waals surface area contributed by atoms with Crippen molar-refractivity contribution in [1.82, 2.24) is 5.32 Å². The Bertz CT molecular complexity index is 263. The summed E-state index contributed by atoms with van der Waals surface area (Å²) in [7, 11) is 0. The molecule has 70 valence electrons. The molecule has 0 aliphatic carbocycles. The van der Waals surface area contributed by atoms with Gasteiger partial charge in [0.15, 0.2) is 5.90 Å². The summed E-state index contributed by atoms with van der Waals surface area (Å²) in [5.74, 6) is 0.891. The Morgan fingerprint density at radius 1 is 1.69 bits per heavy atom. The maximum Gasteiger partial charge on any atom is 0.222 e. The second-order valence-corrected chi connectivity index (χ2v) is 3.23. The molecule has 13 heavy (non-hydrogen) atoms. The van der Waals surface area contributed by atoms with Gasteiger partial charge in [0.25, 0.3) is 0 Å². The number of hydrogen-bond acceptors (Lipinski definition) is 3. The number of nitrogens with zero attached hydrogens (tertiary/aromatic N) is 1. The van der Waals surface area contributed by atoms with Gasteiger partial charge in [0.1, 0.15) is 6.61 Å². The number of allylic oxidation sites excluding steroid dienone is 1. The SMILES string of the molecule is O=C1CC(COC2=NC=CCC2)N1. The lowest BCUT2D eigenvalue weighted by Gasteiger charge is -2.26. The quantitative estimate of drug-likeness (QED) is 0.632. The van der Waals surface area contributed by atoms with Crippen LogP contribution in [-0.4, -0.2) is 24.5 Å².